The van der Waals surface area contributed by atoms with Gasteiger partial charge in [0.1, 0.15) is 5.75 Å². The minimum absolute atomic E-state index is 0.0595. The van der Waals surface area contributed by atoms with Crippen LogP contribution < -0.4 is 10.1 Å². The average Bonchev–Trinajstić information content (AvgIpc) is 2.67. The minimum atomic E-state index is -3.70. The topological polar surface area (TPSA) is 75.7 Å². The van der Waals surface area contributed by atoms with Gasteiger partial charge in [-0.1, -0.05) is 31.4 Å². The van der Waals surface area contributed by atoms with Crippen LogP contribution in [0.1, 0.15) is 46.0 Å². The molecular formula is C19H29ClN2O4S. The molecule has 2 rings (SSSR count). The van der Waals surface area contributed by atoms with E-state index in [4.69, 9.17) is 16.3 Å². The number of piperidine rings is 1. The van der Waals surface area contributed by atoms with E-state index >= 15 is 0 Å². The van der Waals surface area contributed by atoms with Crippen LogP contribution in [-0.2, 0) is 14.8 Å². The molecule has 1 aromatic carbocycles. The summed E-state index contributed by atoms with van der Waals surface area (Å²) in [6, 6.07) is 4.48. The van der Waals surface area contributed by atoms with Crippen LogP contribution in [0.5, 0.6) is 5.75 Å². The van der Waals surface area contributed by atoms with Gasteiger partial charge in [0.25, 0.3) is 0 Å². The van der Waals surface area contributed by atoms with Crippen molar-refractivity contribution in [3.63, 3.8) is 0 Å². The van der Waals surface area contributed by atoms with Gasteiger partial charge in [-0.05, 0) is 44.4 Å². The summed E-state index contributed by atoms with van der Waals surface area (Å²) in [4.78, 5) is 12.5. The first kappa shape index (κ1) is 22.0. The summed E-state index contributed by atoms with van der Waals surface area (Å²) in [7, 11) is -3.70. The Bertz CT molecular complexity index is 739. The fraction of sp³-hybridized carbons (Fsp3) is 0.632. The van der Waals surface area contributed by atoms with E-state index in [9.17, 15) is 13.2 Å². The summed E-state index contributed by atoms with van der Waals surface area (Å²) in [5, 5.41) is 3.20. The fourth-order valence-electron chi connectivity index (χ4n) is 3.17. The molecule has 0 spiro atoms. The van der Waals surface area contributed by atoms with Gasteiger partial charge in [-0.15, -0.1) is 0 Å². The summed E-state index contributed by atoms with van der Waals surface area (Å²) < 4.78 is 32.7. The summed E-state index contributed by atoms with van der Waals surface area (Å²) in [6.07, 6.45) is 4.48. The van der Waals surface area contributed by atoms with Crippen molar-refractivity contribution in [2.24, 2.45) is 5.92 Å². The Labute approximate surface area is 167 Å². The third-order valence-electron chi connectivity index (χ3n) is 4.68. The highest BCUT2D eigenvalue weighted by Gasteiger charge is 2.33. The van der Waals surface area contributed by atoms with Crippen molar-refractivity contribution in [2.45, 2.75) is 50.8 Å². The van der Waals surface area contributed by atoms with Crippen molar-refractivity contribution in [3.8, 4) is 5.75 Å². The van der Waals surface area contributed by atoms with Crippen molar-refractivity contribution in [2.75, 3.05) is 26.2 Å². The van der Waals surface area contributed by atoms with Crippen LogP contribution in [0, 0.1) is 5.92 Å². The maximum Gasteiger partial charge on any atom is 0.243 e. The molecule has 0 aromatic heterocycles. The number of nitrogens with zero attached hydrogens (tertiary/aromatic N) is 1. The summed E-state index contributed by atoms with van der Waals surface area (Å²) in [5.41, 5.74) is 0. The summed E-state index contributed by atoms with van der Waals surface area (Å²) in [6.45, 7) is 5.65. The molecule has 152 valence electrons. The fourth-order valence-corrected chi connectivity index (χ4v) is 5.02. The monoisotopic (exact) mass is 416 g/mol. The van der Waals surface area contributed by atoms with E-state index in [0.29, 0.717) is 38.3 Å². The highest BCUT2D eigenvalue weighted by atomic mass is 35.5. The maximum absolute atomic E-state index is 13.0. The molecule has 1 aromatic rings. The predicted molar refractivity (Wildman–Crippen MR) is 107 cm³/mol. The van der Waals surface area contributed by atoms with Crippen LogP contribution in [0.4, 0.5) is 0 Å². The molecule has 0 saturated carbocycles. The van der Waals surface area contributed by atoms with Crippen molar-refractivity contribution in [1.82, 2.24) is 9.62 Å². The number of benzene rings is 1. The molecule has 8 heteroatoms. The second-order valence-electron chi connectivity index (χ2n) is 6.73. The number of rotatable bonds is 9. The van der Waals surface area contributed by atoms with E-state index in [1.54, 1.807) is 6.07 Å². The van der Waals surface area contributed by atoms with E-state index in [2.05, 4.69) is 12.2 Å². The number of nitrogens with one attached hydrogen (secondary N) is 1. The number of unbranched alkanes of at least 4 members (excludes halogenated alkanes) is 2. The molecule has 0 unspecified atom stereocenters. The second kappa shape index (κ2) is 10.3. The second-order valence-corrected chi connectivity index (χ2v) is 9.07. The Hall–Kier alpha value is -1.31. The van der Waals surface area contributed by atoms with Crippen LogP contribution in [0.15, 0.2) is 23.1 Å². The van der Waals surface area contributed by atoms with E-state index in [1.807, 2.05) is 6.92 Å². The Balaban J connectivity index is 2.05. The SMILES string of the molecule is CCCCCNC(=O)[C@H]1CCCN(S(=O)(=O)c2ccc(OCC)c(Cl)c2)C1. The third kappa shape index (κ3) is 5.83. The van der Waals surface area contributed by atoms with Crippen molar-refractivity contribution < 1.29 is 17.9 Å². The number of carbonyl (C=O) groups excluding carboxylic acids is 1. The van der Waals surface area contributed by atoms with E-state index in [0.717, 1.165) is 19.3 Å². The average molecular weight is 417 g/mol. The van der Waals surface area contributed by atoms with Gasteiger partial charge in [-0.25, -0.2) is 8.42 Å². The number of amides is 1. The zero-order valence-electron chi connectivity index (χ0n) is 16.0. The van der Waals surface area contributed by atoms with Crippen LogP contribution in [0.2, 0.25) is 5.02 Å². The number of halogens is 1. The largest absolute Gasteiger partial charge is 0.492 e. The smallest absolute Gasteiger partial charge is 0.243 e. The van der Waals surface area contributed by atoms with Gasteiger partial charge in [0, 0.05) is 19.6 Å². The van der Waals surface area contributed by atoms with Crippen LogP contribution in [0.25, 0.3) is 0 Å². The zero-order valence-corrected chi connectivity index (χ0v) is 17.6. The molecule has 1 N–H and O–H groups in total. The maximum atomic E-state index is 13.0. The predicted octanol–water partition coefficient (Wildman–Crippen LogP) is 3.45. The van der Waals surface area contributed by atoms with Gasteiger partial charge in [-0.2, -0.15) is 4.31 Å². The molecule has 0 bridgehead atoms. The van der Waals surface area contributed by atoms with Crippen LogP contribution in [0.3, 0.4) is 0 Å². The highest BCUT2D eigenvalue weighted by Crippen LogP contribution is 2.30. The van der Waals surface area contributed by atoms with E-state index in [1.165, 1.54) is 16.4 Å². The molecule has 1 amide bonds. The Morgan fingerprint density at radius 1 is 1.33 bits per heavy atom. The standard InChI is InChI=1S/C19H29ClN2O4S/c1-3-5-6-11-21-19(23)15-8-7-12-22(14-15)27(24,25)16-9-10-18(26-4-2)17(20)13-16/h9-10,13,15H,3-8,11-12,14H2,1-2H3,(H,21,23)/t15-/m0/s1. The molecule has 6 nitrogen and oxygen atoms in total. The first-order valence-electron chi connectivity index (χ1n) is 9.60. The molecule has 1 aliphatic heterocycles. The van der Waals surface area contributed by atoms with Crippen molar-refractivity contribution in [1.29, 1.82) is 0 Å². The Morgan fingerprint density at radius 3 is 2.78 bits per heavy atom. The summed E-state index contributed by atoms with van der Waals surface area (Å²) in [5.74, 6) is 0.0881. The lowest BCUT2D eigenvalue weighted by molar-refractivity contribution is -0.126. The molecule has 27 heavy (non-hydrogen) atoms. The molecule has 1 atom stereocenters. The van der Waals surface area contributed by atoms with Gasteiger partial charge in [0.05, 0.1) is 22.4 Å². The molecule has 0 aliphatic carbocycles. The highest BCUT2D eigenvalue weighted by molar-refractivity contribution is 7.89. The van der Waals surface area contributed by atoms with Gasteiger partial charge in [0.15, 0.2) is 0 Å². The minimum Gasteiger partial charge on any atom is -0.492 e. The van der Waals surface area contributed by atoms with Crippen LogP contribution >= 0.6 is 11.6 Å². The van der Waals surface area contributed by atoms with Crippen molar-refractivity contribution in [3.05, 3.63) is 23.2 Å². The van der Waals surface area contributed by atoms with Gasteiger partial charge in [0.2, 0.25) is 15.9 Å². The lowest BCUT2D eigenvalue weighted by atomic mass is 9.99. The molecule has 1 fully saturated rings. The zero-order chi connectivity index (χ0) is 19.9. The number of hydrogen-bond acceptors (Lipinski definition) is 4. The number of hydrogen-bond donors (Lipinski definition) is 1. The van der Waals surface area contributed by atoms with E-state index < -0.39 is 10.0 Å². The lowest BCUT2D eigenvalue weighted by Crippen LogP contribution is -2.45. The first-order valence-corrected chi connectivity index (χ1v) is 11.4. The Morgan fingerprint density at radius 2 is 2.11 bits per heavy atom. The lowest BCUT2D eigenvalue weighted by Gasteiger charge is -2.31. The molecule has 0 radical (unpaired) electrons. The Kier molecular flexibility index (Phi) is 8.38. The summed E-state index contributed by atoms with van der Waals surface area (Å²) >= 11 is 6.14. The number of ether oxygens (including phenoxy) is 1. The van der Waals surface area contributed by atoms with Gasteiger partial charge >= 0.3 is 0 Å². The molecular weight excluding hydrogens is 388 g/mol. The number of sulfonamides is 1. The van der Waals surface area contributed by atoms with Gasteiger partial charge < -0.3 is 10.1 Å². The quantitative estimate of drug-likeness (QED) is 0.625. The first-order chi connectivity index (χ1) is 12.9. The van der Waals surface area contributed by atoms with Crippen LogP contribution in [-0.4, -0.2) is 44.9 Å². The normalized spacial score (nSPS) is 18.3. The molecule has 1 heterocycles. The molecule has 1 saturated heterocycles. The van der Waals surface area contributed by atoms with Gasteiger partial charge in [-0.3, -0.25) is 4.79 Å². The van der Waals surface area contributed by atoms with E-state index in [-0.39, 0.29) is 28.3 Å². The number of carbonyl (C=O) groups is 1. The van der Waals surface area contributed by atoms with Crippen molar-refractivity contribution >= 4 is 27.5 Å². The molecule has 1 aliphatic rings. The third-order valence-corrected chi connectivity index (χ3v) is 6.83.